The van der Waals surface area contributed by atoms with E-state index in [0.29, 0.717) is 0 Å². The van der Waals surface area contributed by atoms with Crippen molar-refractivity contribution in [2.45, 2.75) is 0 Å². The lowest BCUT2D eigenvalue weighted by atomic mass is 10.1. The number of aromatic nitrogens is 3. The molecule has 0 unspecified atom stereocenters. The van der Waals surface area contributed by atoms with Gasteiger partial charge in [0.2, 0.25) is 0 Å². The van der Waals surface area contributed by atoms with Gasteiger partial charge in [-0.15, -0.1) is 0 Å². The number of hydrogen-bond acceptors (Lipinski definition) is 0. The second-order valence-electron chi connectivity index (χ2n) is 16.8. The van der Waals surface area contributed by atoms with Crippen LogP contribution in [0.5, 0.6) is 0 Å². The molecule has 13 rings (SSSR count). The number of nitrogens with zero attached hydrogens (tertiary/aromatic N) is 3. The molecule has 10 aromatic carbocycles. The molecule has 3 nitrogen and oxygen atoms in total. The van der Waals surface area contributed by atoms with Gasteiger partial charge in [-0.3, -0.25) is 0 Å². The van der Waals surface area contributed by atoms with E-state index in [2.05, 4.69) is 262 Å². The zero-order chi connectivity index (χ0) is 42.2. The van der Waals surface area contributed by atoms with Gasteiger partial charge in [-0.05, 0) is 81.4 Å². The molecular weight excluding hydrogens is 791 g/mol. The van der Waals surface area contributed by atoms with Gasteiger partial charge in [-0.25, -0.2) is 0 Å². The van der Waals surface area contributed by atoms with Crippen molar-refractivity contribution < 1.29 is 0 Å². The summed E-state index contributed by atoms with van der Waals surface area (Å²) >= 11 is 0. The SMILES string of the molecule is c1ccc(-n2c3cccc(-n4c5ccccc5c5ccccc54)c3c3c(-n4c5ccccc5c5c([Si](c6ccccc6)(c6ccccc6)c6ccccc6)cccc54)cccc32)cc1. The topological polar surface area (TPSA) is 14.8 Å². The van der Waals surface area contributed by atoms with Crippen LogP contribution in [0.1, 0.15) is 0 Å². The summed E-state index contributed by atoms with van der Waals surface area (Å²) in [6, 6.07) is 92.3. The van der Waals surface area contributed by atoms with Crippen LogP contribution in [-0.4, -0.2) is 21.8 Å². The Labute approximate surface area is 372 Å². The number of benzene rings is 10. The summed E-state index contributed by atoms with van der Waals surface area (Å²) in [4.78, 5) is 0. The van der Waals surface area contributed by atoms with E-state index in [-0.39, 0.29) is 0 Å². The molecule has 0 aliphatic rings. The van der Waals surface area contributed by atoms with Gasteiger partial charge in [0, 0.05) is 38.0 Å². The maximum atomic E-state index is 2.56. The number of fused-ring (bicyclic) bond motifs is 9. The zero-order valence-electron chi connectivity index (χ0n) is 35.0. The van der Waals surface area contributed by atoms with Crippen LogP contribution >= 0.6 is 0 Å². The fourth-order valence-electron chi connectivity index (χ4n) is 11.1. The highest BCUT2D eigenvalue weighted by Crippen LogP contribution is 2.44. The van der Waals surface area contributed by atoms with Gasteiger partial charge >= 0.3 is 0 Å². The van der Waals surface area contributed by atoms with Gasteiger partial charge in [0.25, 0.3) is 0 Å². The van der Waals surface area contributed by atoms with Gasteiger partial charge in [-0.1, -0.05) is 188 Å². The summed E-state index contributed by atoms with van der Waals surface area (Å²) in [6.07, 6.45) is 0. The highest BCUT2D eigenvalue weighted by atomic mass is 28.3. The molecule has 0 aliphatic heterocycles. The second-order valence-corrected chi connectivity index (χ2v) is 20.6. The maximum absolute atomic E-state index is 2.92. The van der Waals surface area contributed by atoms with Gasteiger partial charge in [0.15, 0.2) is 8.07 Å². The van der Waals surface area contributed by atoms with Crippen molar-refractivity contribution >= 4 is 94.2 Å². The Balaban J connectivity index is 1.21. The number of rotatable bonds is 7. The fourth-order valence-corrected chi connectivity index (χ4v) is 16.1. The molecule has 0 amide bonds. The Morgan fingerprint density at radius 2 is 0.578 bits per heavy atom. The molecular formula is C60H41N3Si. The zero-order valence-corrected chi connectivity index (χ0v) is 36.0. The largest absolute Gasteiger partial charge is 0.309 e. The monoisotopic (exact) mass is 831 g/mol. The molecule has 0 saturated heterocycles. The first-order valence-corrected chi connectivity index (χ1v) is 24.1. The third-order valence-electron chi connectivity index (χ3n) is 13.6. The molecule has 0 atom stereocenters. The summed E-state index contributed by atoms with van der Waals surface area (Å²) in [6.45, 7) is 0. The third kappa shape index (κ3) is 5.15. The van der Waals surface area contributed by atoms with E-state index in [1.807, 2.05) is 0 Å². The molecule has 0 fully saturated rings. The molecule has 64 heavy (non-hydrogen) atoms. The van der Waals surface area contributed by atoms with Crippen LogP contribution in [0.25, 0.3) is 82.5 Å². The van der Waals surface area contributed by atoms with Gasteiger partial charge in [0.1, 0.15) is 0 Å². The molecule has 3 aromatic heterocycles. The van der Waals surface area contributed by atoms with Crippen molar-refractivity contribution in [1.82, 2.24) is 13.7 Å². The molecule has 3 heterocycles. The van der Waals surface area contributed by atoms with Crippen molar-refractivity contribution in [2.75, 3.05) is 0 Å². The summed E-state index contributed by atoms with van der Waals surface area (Å²) < 4.78 is 7.51. The van der Waals surface area contributed by atoms with Crippen molar-refractivity contribution in [3.8, 4) is 17.1 Å². The standard InChI is InChI=1S/C60H41N3Si/c1-5-22-42(23-6-1)61-53-36-19-38-55(62-49-33-16-13-30-46(49)47-31-14-17-34-50(47)62)59(53)60-54(61)37-20-39-56(60)63-51-35-18-15-32-48(51)58-52(63)40-21-41-57(58)64(43-24-7-2-8-25-43,44-26-9-3-10-27-44)45-28-11-4-12-29-45/h1-41H. The van der Waals surface area contributed by atoms with Gasteiger partial charge < -0.3 is 13.7 Å². The van der Waals surface area contributed by atoms with Crippen LogP contribution in [0.4, 0.5) is 0 Å². The Morgan fingerprint density at radius 1 is 0.234 bits per heavy atom. The lowest BCUT2D eigenvalue weighted by Gasteiger charge is -2.35. The third-order valence-corrected chi connectivity index (χ3v) is 18.4. The van der Waals surface area contributed by atoms with Crippen LogP contribution < -0.4 is 20.7 Å². The lowest BCUT2D eigenvalue weighted by molar-refractivity contribution is 1.16. The highest BCUT2D eigenvalue weighted by molar-refractivity contribution is 7.20. The fraction of sp³-hybridized carbons (Fsp3) is 0. The number of para-hydroxylation sites is 4. The Bertz CT molecular complexity index is 3730. The van der Waals surface area contributed by atoms with Crippen molar-refractivity contribution in [1.29, 1.82) is 0 Å². The maximum Gasteiger partial charge on any atom is 0.180 e. The minimum Gasteiger partial charge on any atom is -0.309 e. The smallest absolute Gasteiger partial charge is 0.180 e. The molecule has 0 bridgehead atoms. The normalized spacial score (nSPS) is 12.1. The molecule has 0 radical (unpaired) electrons. The predicted molar refractivity (Wildman–Crippen MR) is 273 cm³/mol. The first-order chi connectivity index (χ1) is 31.8. The van der Waals surface area contributed by atoms with Crippen molar-refractivity contribution in [3.63, 3.8) is 0 Å². The number of hydrogen-bond donors (Lipinski definition) is 0. The predicted octanol–water partition coefficient (Wildman–Crippen LogP) is 12.4. The molecule has 0 saturated carbocycles. The van der Waals surface area contributed by atoms with E-state index in [0.717, 1.165) is 28.1 Å². The van der Waals surface area contributed by atoms with E-state index in [1.165, 1.54) is 75.1 Å². The van der Waals surface area contributed by atoms with Crippen molar-refractivity contribution in [2.24, 2.45) is 0 Å². The molecule has 0 aliphatic carbocycles. The van der Waals surface area contributed by atoms with E-state index in [4.69, 9.17) is 0 Å². The van der Waals surface area contributed by atoms with Crippen LogP contribution in [0.3, 0.4) is 0 Å². The average Bonchev–Trinajstić information content (AvgIpc) is 4.02. The minimum atomic E-state index is -2.92. The second kappa shape index (κ2) is 14.5. The Hall–Kier alpha value is -8.18. The van der Waals surface area contributed by atoms with Crippen molar-refractivity contribution in [3.05, 3.63) is 249 Å². The average molecular weight is 832 g/mol. The lowest BCUT2D eigenvalue weighted by Crippen LogP contribution is -2.74. The van der Waals surface area contributed by atoms with Gasteiger partial charge in [0.05, 0.1) is 44.5 Å². The summed E-state index contributed by atoms with van der Waals surface area (Å²) in [5.74, 6) is 0. The van der Waals surface area contributed by atoms with Crippen LogP contribution in [-0.2, 0) is 0 Å². The summed E-state index contributed by atoms with van der Waals surface area (Å²) in [7, 11) is -2.92. The summed E-state index contributed by atoms with van der Waals surface area (Å²) in [5, 5.41) is 12.9. The Kier molecular flexibility index (Phi) is 8.23. The highest BCUT2D eigenvalue weighted by Gasteiger charge is 2.43. The molecule has 0 N–H and O–H groups in total. The molecule has 0 spiro atoms. The van der Waals surface area contributed by atoms with E-state index < -0.39 is 8.07 Å². The first-order valence-electron chi connectivity index (χ1n) is 22.1. The molecule has 300 valence electrons. The van der Waals surface area contributed by atoms with Crippen LogP contribution in [0, 0.1) is 0 Å². The molecule has 13 aromatic rings. The van der Waals surface area contributed by atoms with Crippen LogP contribution in [0.15, 0.2) is 249 Å². The van der Waals surface area contributed by atoms with Gasteiger partial charge in [-0.2, -0.15) is 0 Å². The first kappa shape index (κ1) is 36.5. The van der Waals surface area contributed by atoms with E-state index in [9.17, 15) is 0 Å². The van der Waals surface area contributed by atoms with E-state index in [1.54, 1.807) is 0 Å². The molecule has 4 heteroatoms. The Morgan fingerprint density at radius 3 is 1.06 bits per heavy atom. The minimum absolute atomic E-state index is 1.13. The van der Waals surface area contributed by atoms with E-state index >= 15 is 0 Å². The van der Waals surface area contributed by atoms with Crippen LogP contribution in [0.2, 0.25) is 0 Å². The quantitative estimate of drug-likeness (QED) is 0.112. The summed E-state index contributed by atoms with van der Waals surface area (Å²) in [5.41, 5.74) is 10.5.